The van der Waals surface area contributed by atoms with Gasteiger partial charge in [-0.05, 0) is 18.1 Å². The van der Waals surface area contributed by atoms with E-state index in [-0.39, 0.29) is 5.91 Å². The Kier molecular flexibility index (Phi) is 1.97. The highest BCUT2D eigenvalue weighted by atomic mass is 16.7. The number of nitrogens with one attached hydrogen (secondary N) is 1. The molecule has 1 amide bonds. The number of para-hydroxylation sites is 1. The lowest BCUT2D eigenvalue weighted by atomic mass is 10.0. The van der Waals surface area contributed by atoms with E-state index < -0.39 is 0 Å². The van der Waals surface area contributed by atoms with Crippen molar-refractivity contribution in [2.75, 3.05) is 13.7 Å². The van der Waals surface area contributed by atoms with E-state index >= 15 is 0 Å². The van der Waals surface area contributed by atoms with Gasteiger partial charge in [0.1, 0.15) is 5.69 Å². The Morgan fingerprint density at radius 3 is 3.00 bits per heavy atom. The summed E-state index contributed by atoms with van der Waals surface area (Å²) in [6.45, 7) is 0.615. The summed E-state index contributed by atoms with van der Waals surface area (Å²) in [6, 6.07) is 7.98. The van der Waals surface area contributed by atoms with E-state index in [4.69, 9.17) is 4.84 Å². The summed E-state index contributed by atoms with van der Waals surface area (Å²) >= 11 is 0. The SMILES string of the molecule is CON1CCc2c([nH]c3ccccc23)C1=O. The molecule has 0 atom stereocenters. The minimum Gasteiger partial charge on any atom is -0.350 e. The van der Waals surface area contributed by atoms with Gasteiger partial charge in [0.25, 0.3) is 5.91 Å². The van der Waals surface area contributed by atoms with Crippen molar-refractivity contribution in [3.8, 4) is 0 Å². The van der Waals surface area contributed by atoms with Gasteiger partial charge >= 0.3 is 0 Å². The van der Waals surface area contributed by atoms with Gasteiger partial charge in [-0.1, -0.05) is 18.2 Å². The van der Waals surface area contributed by atoms with Crippen molar-refractivity contribution >= 4 is 16.8 Å². The average molecular weight is 216 g/mol. The Hall–Kier alpha value is -1.81. The summed E-state index contributed by atoms with van der Waals surface area (Å²) in [5.74, 6) is -0.0834. The first-order valence-electron chi connectivity index (χ1n) is 5.27. The molecule has 0 fully saturated rings. The fourth-order valence-corrected chi connectivity index (χ4v) is 2.26. The number of rotatable bonds is 1. The van der Waals surface area contributed by atoms with Gasteiger partial charge in [-0.2, -0.15) is 0 Å². The van der Waals surface area contributed by atoms with Crippen LogP contribution in [0.3, 0.4) is 0 Å². The Labute approximate surface area is 92.8 Å². The van der Waals surface area contributed by atoms with E-state index in [1.165, 1.54) is 12.2 Å². The van der Waals surface area contributed by atoms with Gasteiger partial charge in [-0.15, -0.1) is 0 Å². The smallest absolute Gasteiger partial charge is 0.294 e. The fourth-order valence-electron chi connectivity index (χ4n) is 2.26. The molecule has 2 heterocycles. The van der Waals surface area contributed by atoms with Crippen molar-refractivity contribution in [2.45, 2.75) is 6.42 Å². The van der Waals surface area contributed by atoms with Gasteiger partial charge in [0.15, 0.2) is 0 Å². The first-order chi connectivity index (χ1) is 7.81. The molecular weight excluding hydrogens is 204 g/mol. The van der Waals surface area contributed by atoms with Crippen LogP contribution in [0.5, 0.6) is 0 Å². The monoisotopic (exact) mass is 216 g/mol. The Balaban J connectivity index is 2.21. The molecule has 0 aliphatic carbocycles. The molecule has 1 aliphatic heterocycles. The number of fused-ring (bicyclic) bond motifs is 3. The highest BCUT2D eigenvalue weighted by molar-refractivity contribution is 6.01. The zero-order chi connectivity index (χ0) is 11.1. The van der Waals surface area contributed by atoms with Crippen LogP contribution in [0.15, 0.2) is 24.3 Å². The number of aromatic nitrogens is 1. The van der Waals surface area contributed by atoms with Crippen LogP contribution in [0, 0.1) is 0 Å². The Morgan fingerprint density at radius 1 is 1.38 bits per heavy atom. The number of aromatic amines is 1. The molecular formula is C12H12N2O2. The van der Waals surface area contributed by atoms with Gasteiger partial charge in [0.2, 0.25) is 0 Å². The molecule has 0 saturated heterocycles. The fraction of sp³-hybridized carbons (Fsp3) is 0.250. The van der Waals surface area contributed by atoms with Gasteiger partial charge in [-0.3, -0.25) is 9.63 Å². The molecule has 0 unspecified atom stereocenters. The molecule has 1 aliphatic rings. The number of H-pyrrole nitrogens is 1. The molecule has 4 nitrogen and oxygen atoms in total. The zero-order valence-corrected chi connectivity index (χ0v) is 8.99. The van der Waals surface area contributed by atoms with Crippen molar-refractivity contribution in [1.82, 2.24) is 10.0 Å². The lowest BCUT2D eigenvalue weighted by molar-refractivity contribution is -0.0970. The van der Waals surface area contributed by atoms with E-state index in [0.29, 0.717) is 12.2 Å². The highest BCUT2D eigenvalue weighted by Crippen LogP contribution is 2.27. The number of amides is 1. The third kappa shape index (κ3) is 1.17. The van der Waals surface area contributed by atoms with Gasteiger partial charge in [-0.25, -0.2) is 5.06 Å². The second-order valence-electron chi connectivity index (χ2n) is 3.86. The molecule has 4 heteroatoms. The molecule has 1 aromatic carbocycles. The topological polar surface area (TPSA) is 45.3 Å². The van der Waals surface area contributed by atoms with Crippen LogP contribution < -0.4 is 0 Å². The predicted molar refractivity (Wildman–Crippen MR) is 60.0 cm³/mol. The summed E-state index contributed by atoms with van der Waals surface area (Å²) in [6.07, 6.45) is 0.832. The molecule has 82 valence electrons. The lowest BCUT2D eigenvalue weighted by Crippen LogP contribution is -2.36. The summed E-state index contributed by atoms with van der Waals surface area (Å²) < 4.78 is 0. The zero-order valence-electron chi connectivity index (χ0n) is 8.99. The molecule has 1 N–H and O–H groups in total. The van der Waals surface area contributed by atoms with E-state index in [1.54, 1.807) is 0 Å². The number of hydrogen-bond acceptors (Lipinski definition) is 2. The molecule has 16 heavy (non-hydrogen) atoms. The molecule has 0 spiro atoms. The van der Waals surface area contributed by atoms with Crippen LogP contribution >= 0.6 is 0 Å². The molecule has 0 bridgehead atoms. The van der Waals surface area contributed by atoms with Crippen LogP contribution in [0.25, 0.3) is 10.9 Å². The maximum atomic E-state index is 12.0. The second kappa shape index (κ2) is 3.35. The van der Waals surface area contributed by atoms with E-state index in [0.717, 1.165) is 22.9 Å². The lowest BCUT2D eigenvalue weighted by Gasteiger charge is -2.23. The summed E-state index contributed by atoms with van der Waals surface area (Å²) in [4.78, 5) is 20.2. The standard InChI is InChI=1S/C12H12N2O2/c1-16-14-7-6-9-8-4-2-3-5-10(8)13-11(9)12(14)15/h2-5,13H,6-7H2,1H3. The first-order valence-corrected chi connectivity index (χ1v) is 5.27. The van der Waals surface area contributed by atoms with Crippen molar-refractivity contribution in [3.05, 3.63) is 35.5 Å². The summed E-state index contributed by atoms with van der Waals surface area (Å²) in [7, 11) is 1.52. The normalized spacial score (nSPS) is 15.6. The first kappa shape index (κ1) is 9.42. The third-order valence-electron chi connectivity index (χ3n) is 3.04. The summed E-state index contributed by atoms with van der Waals surface area (Å²) in [5, 5.41) is 2.53. The average Bonchev–Trinajstić information content (AvgIpc) is 2.69. The van der Waals surface area contributed by atoms with E-state index in [2.05, 4.69) is 4.98 Å². The Morgan fingerprint density at radius 2 is 2.19 bits per heavy atom. The van der Waals surface area contributed by atoms with Crippen LogP contribution in [-0.2, 0) is 11.3 Å². The van der Waals surface area contributed by atoms with Crippen molar-refractivity contribution in [2.24, 2.45) is 0 Å². The Bertz CT molecular complexity index is 559. The van der Waals surface area contributed by atoms with Gasteiger partial charge in [0.05, 0.1) is 13.7 Å². The molecule has 3 rings (SSSR count). The minimum atomic E-state index is -0.0834. The van der Waals surface area contributed by atoms with Gasteiger partial charge in [0, 0.05) is 10.9 Å². The molecule has 0 radical (unpaired) electrons. The number of benzene rings is 1. The molecule has 0 saturated carbocycles. The number of carbonyl (C=O) groups excluding carboxylic acids is 1. The number of carbonyl (C=O) groups is 1. The highest BCUT2D eigenvalue weighted by Gasteiger charge is 2.27. The number of nitrogens with zero attached hydrogens (tertiary/aromatic N) is 1. The summed E-state index contributed by atoms with van der Waals surface area (Å²) in [5.41, 5.74) is 2.78. The van der Waals surface area contributed by atoms with Crippen molar-refractivity contribution in [1.29, 1.82) is 0 Å². The van der Waals surface area contributed by atoms with Crippen LogP contribution in [0.4, 0.5) is 0 Å². The predicted octanol–water partition coefficient (Wildman–Crippen LogP) is 1.73. The van der Waals surface area contributed by atoms with Gasteiger partial charge < -0.3 is 4.98 Å². The van der Waals surface area contributed by atoms with E-state index in [9.17, 15) is 4.79 Å². The van der Waals surface area contributed by atoms with Crippen LogP contribution in [0.1, 0.15) is 16.1 Å². The quantitative estimate of drug-likeness (QED) is 0.789. The number of hydroxylamine groups is 2. The molecule has 1 aromatic heterocycles. The third-order valence-corrected chi connectivity index (χ3v) is 3.04. The van der Waals surface area contributed by atoms with Crippen LogP contribution in [0.2, 0.25) is 0 Å². The van der Waals surface area contributed by atoms with Crippen molar-refractivity contribution < 1.29 is 9.63 Å². The second-order valence-corrected chi connectivity index (χ2v) is 3.86. The molecule has 2 aromatic rings. The van der Waals surface area contributed by atoms with Crippen molar-refractivity contribution in [3.63, 3.8) is 0 Å². The minimum absolute atomic E-state index is 0.0834. The maximum Gasteiger partial charge on any atom is 0.294 e. The van der Waals surface area contributed by atoms with E-state index in [1.807, 2.05) is 24.3 Å². The maximum absolute atomic E-state index is 12.0. The van der Waals surface area contributed by atoms with Crippen LogP contribution in [-0.4, -0.2) is 29.6 Å². The largest absolute Gasteiger partial charge is 0.350 e. The number of hydrogen-bond donors (Lipinski definition) is 1.